The number of esters is 3. The molecule has 1 aliphatic rings. The summed E-state index contributed by atoms with van der Waals surface area (Å²) in [5.41, 5.74) is 0.970. The largest absolute Gasteiger partial charge is 0.462 e. The highest BCUT2D eigenvalue weighted by Crippen LogP contribution is 2.24. The Balaban J connectivity index is 2.22. The van der Waals surface area contributed by atoms with E-state index >= 15 is 0 Å². The smallest absolute Gasteiger partial charge is 0.350 e. The highest BCUT2D eigenvalue weighted by Gasteiger charge is 2.39. The highest BCUT2D eigenvalue weighted by molar-refractivity contribution is 6.15. The molecule has 1 fully saturated rings. The monoisotopic (exact) mass is 322 g/mol. The Morgan fingerprint density at radius 1 is 1.35 bits per heavy atom. The second kappa shape index (κ2) is 6.15. The Bertz CT molecular complexity index is 664. The molecule has 1 aliphatic heterocycles. The minimum atomic E-state index is -1.30. The summed E-state index contributed by atoms with van der Waals surface area (Å²) in [6.45, 7) is 6.56. The maximum atomic E-state index is 11.9. The van der Waals surface area contributed by atoms with Gasteiger partial charge in [0.1, 0.15) is 5.56 Å². The normalized spacial score (nSPS) is 16.4. The fraction of sp³-hybridized carbons (Fsp3) is 0.400. The molecule has 0 spiro atoms. The van der Waals surface area contributed by atoms with Crippen molar-refractivity contribution in [2.24, 2.45) is 0 Å². The summed E-state index contributed by atoms with van der Waals surface area (Å²) in [5.74, 6) is -3.42. The molecule has 0 saturated carbocycles. The third kappa shape index (κ3) is 3.53. The van der Waals surface area contributed by atoms with Gasteiger partial charge in [-0.2, -0.15) is 0 Å². The van der Waals surface area contributed by atoms with E-state index < -0.39 is 23.7 Å². The van der Waals surface area contributed by atoms with Crippen LogP contribution >= 0.6 is 0 Å². The Hall–Kier alpha value is -2.77. The standard InChI is InChI=1S/C15H18N2O6/c1-5-21-14(20)11-8(2)16-7-10(11)17-6-9-12(18)22-15(3,4)23-13(9)19/h6-7,16-17H,5H2,1-4H3. The average Bonchev–Trinajstić information content (AvgIpc) is 2.78. The number of ether oxygens (including phenoxy) is 3. The Morgan fingerprint density at radius 2 is 1.96 bits per heavy atom. The summed E-state index contributed by atoms with van der Waals surface area (Å²) in [6.07, 6.45) is 2.67. The number of H-pyrrole nitrogens is 1. The Kier molecular flexibility index (Phi) is 4.44. The zero-order valence-electron chi connectivity index (χ0n) is 13.3. The first kappa shape index (κ1) is 16.6. The molecular formula is C15H18N2O6. The highest BCUT2D eigenvalue weighted by atomic mass is 16.7. The average molecular weight is 322 g/mol. The van der Waals surface area contributed by atoms with Crippen molar-refractivity contribution >= 4 is 23.6 Å². The number of cyclic esters (lactones) is 2. The number of aryl methyl sites for hydroxylation is 1. The fourth-order valence-corrected chi connectivity index (χ4v) is 2.04. The predicted octanol–water partition coefficient (Wildman–Crippen LogP) is 1.63. The zero-order valence-corrected chi connectivity index (χ0v) is 13.3. The quantitative estimate of drug-likeness (QED) is 0.493. The molecule has 0 aliphatic carbocycles. The van der Waals surface area contributed by atoms with Crippen LogP contribution in [0.2, 0.25) is 0 Å². The molecule has 0 atom stereocenters. The van der Waals surface area contributed by atoms with Crippen LogP contribution in [0.1, 0.15) is 36.8 Å². The number of carbonyl (C=O) groups is 3. The van der Waals surface area contributed by atoms with Gasteiger partial charge in [0.2, 0.25) is 0 Å². The first-order valence-corrected chi connectivity index (χ1v) is 7.03. The van der Waals surface area contributed by atoms with E-state index in [1.54, 1.807) is 13.8 Å². The van der Waals surface area contributed by atoms with E-state index in [-0.39, 0.29) is 12.2 Å². The molecule has 2 rings (SSSR count). The molecule has 0 radical (unpaired) electrons. The number of aromatic nitrogens is 1. The molecule has 8 nitrogen and oxygen atoms in total. The van der Waals surface area contributed by atoms with Gasteiger partial charge in [-0.3, -0.25) is 0 Å². The molecule has 0 bridgehead atoms. The third-order valence-electron chi connectivity index (χ3n) is 3.05. The first-order chi connectivity index (χ1) is 10.7. The van der Waals surface area contributed by atoms with Gasteiger partial charge in [0.25, 0.3) is 5.79 Å². The summed E-state index contributed by atoms with van der Waals surface area (Å²) in [7, 11) is 0. The van der Waals surface area contributed by atoms with Crippen LogP contribution < -0.4 is 5.32 Å². The SMILES string of the molecule is CCOC(=O)c1c(NC=C2C(=O)OC(C)(C)OC2=O)c[nH]c1C. The van der Waals surface area contributed by atoms with E-state index in [0.717, 1.165) is 6.20 Å². The third-order valence-corrected chi connectivity index (χ3v) is 3.05. The maximum absolute atomic E-state index is 11.9. The van der Waals surface area contributed by atoms with Crippen molar-refractivity contribution in [3.05, 3.63) is 29.2 Å². The number of anilines is 1. The predicted molar refractivity (Wildman–Crippen MR) is 79.5 cm³/mol. The van der Waals surface area contributed by atoms with Crippen molar-refractivity contribution in [1.29, 1.82) is 0 Å². The summed E-state index contributed by atoms with van der Waals surface area (Å²) >= 11 is 0. The summed E-state index contributed by atoms with van der Waals surface area (Å²) in [4.78, 5) is 38.5. The van der Waals surface area contributed by atoms with Crippen molar-refractivity contribution in [1.82, 2.24) is 4.98 Å². The molecule has 23 heavy (non-hydrogen) atoms. The van der Waals surface area contributed by atoms with Gasteiger partial charge in [-0.05, 0) is 13.8 Å². The van der Waals surface area contributed by atoms with Crippen LogP contribution in [-0.2, 0) is 23.8 Å². The van der Waals surface area contributed by atoms with Gasteiger partial charge in [-0.25, -0.2) is 14.4 Å². The van der Waals surface area contributed by atoms with Crippen LogP contribution in [0, 0.1) is 6.92 Å². The molecule has 0 aromatic carbocycles. The van der Waals surface area contributed by atoms with Crippen molar-refractivity contribution in [2.45, 2.75) is 33.5 Å². The number of rotatable bonds is 4. The molecule has 1 saturated heterocycles. The van der Waals surface area contributed by atoms with Gasteiger partial charge in [0.15, 0.2) is 5.57 Å². The lowest BCUT2D eigenvalue weighted by Crippen LogP contribution is -2.42. The number of hydrogen-bond acceptors (Lipinski definition) is 7. The molecule has 2 heterocycles. The number of carbonyl (C=O) groups excluding carboxylic acids is 3. The number of aromatic amines is 1. The number of hydrogen-bond donors (Lipinski definition) is 2. The lowest BCUT2D eigenvalue weighted by molar-refractivity contribution is -0.222. The van der Waals surface area contributed by atoms with E-state index in [2.05, 4.69) is 10.3 Å². The lowest BCUT2D eigenvalue weighted by Gasteiger charge is -2.29. The molecule has 0 unspecified atom stereocenters. The second-order valence-electron chi connectivity index (χ2n) is 5.30. The van der Waals surface area contributed by atoms with Crippen molar-refractivity contribution in [2.75, 3.05) is 11.9 Å². The van der Waals surface area contributed by atoms with Gasteiger partial charge in [-0.1, -0.05) is 0 Å². The van der Waals surface area contributed by atoms with Crippen LogP contribution in [0.3, 0.4) is 0 Å². The van der Waals surface area contributed by atoms with E-state index in [9.17, 15) is 14.4 Å². The molecular weight excluding hydrogens is 304 g/mol. The molecule has 2 N–H and O–H groups in total. The fourth-order valence-electron chi connectivity index (χ4n) is 2.04. The van der Waals surface area contributed by atoms with Crippen LogP contribution in [-0.4, -0.2) is 35.3 Å². The molecule has 124 valence electrons. The van der Waals surface area contributed by atoms with E-state index in [4.69, 9.17) is 14.2 Å². The lowest BCUT2D eigenvalue weighted by atomic mass is 10.2. The van der Waals surface area contributed by atoms with Crippen LogP contribution in [0.15, 0.2) is 18.0 Å². The minimum absolute atomic E-state index is 0.234. The summed E-state index contributed by atoms with van der Waals surface area (Å²) in [6, 6.07) is 0. The topological polar surface area (TPSA) is 107 Å². The van der Waals surface area contributed by atoms with E-state index in [1.165, 1.54) is 20.0 Å². The summed E-state index contributed by atoms with van der Waals surface area (Å²) < 4.78 is 14.9. The van der Waals surface area contributed by atoms with Crippen molar-refractivity contribution in [3.8, 4) is 0 Å². The van der Waals surface area contributed by atoms with Gasteiger partial charge in [-0.15, -0.1) is 0 Å². The van der Waals surface area contributed by atoms with Gasteiger partial charge >= 0.3 is 17.9 Å². The maximum Gasteiger partial charge on any atom is 0.350 e. The van der Waals surface area contributed by atoms with Crippen molar-refractivity contribution < 1.29 is 28.6 Å². The van der Waals surface area contributed by atoms with Crippen LogP contribution in [0.5, 0.6) is 0 Å². The number of nitrogens with one attached hydrogen (secondary N) is 2. The van der Waals surface area contributed by atoms with Crippen LogP contribution in [0.4, 0.5) is 5.69 Å². The zero-order chi connectivity index (χ0) is 17.2. The van der Waals surface area contributed by atoms with E-state index in [1.807, 2.05) is 0 Å². The molecule has 8 heteroatoms. The Labute approximate surface area is 132 Å². The van der Waals surface area contributed by atoms with Gasteiger partial charge in [0, 0.05) is 31.9 Å². The second-order valence-corrected chi connectivity index (χ2v) is 5.30. The van der Waals surface area contributed by atoms with Crippen LogP contribution in [0.25, 0.3) is 0 Å². The molecule has 1 aromatic rings. The van der Waals surface area contributed by atoms with Crippen molar-refractivity contribution in [3.63, 3.8) is 0 Å². The van der Waals surface area contributed by atoms with Gasteiger partial charge in [0.05, 0.1) is 12.3 Å². The minimum Gasteiger partial charge on any atom is -0.462 e. The van der Waals surface area contributed by atoms with Gasteiger partial charge < -0.3 is 24.5 Å². The summed E-state index contributed by atoms with van der Waals surface area (Å²) in [5, 5.41) is 2.74. The Morgan fingerprint density at radius 3 is 2.52 bits per heavy atom. The first-order valence-electron chi connectivity index (χ1n) is 7.03. The molecule has 1 aromatic heterocycles. The molecule has 0 amide bonds. The van der Waals surface area contributed by atoms with E-state index in [0.29, 0.717) is 16.9 Å².